The molecule has 9 atom stereocenters. The Labute approximate surface area is 272 Å². The number of hydrogen-bond donors (Lipinski definition) is 3. The van der Waals surface area contributed by atoms with Crippen LogP contribution in [0.2, 0.25) is 0 Å². The van der Waals surface area contributed by atoms with Crippen molar-refractivity contribution in [1.29, 1.82) is 0 Å². The minimum Gasteiger partial charge on any atom is -0.465 e. The largest absolute Gasteiger partial charge is 0.465 e. The molecule has 1 heterocycles. The Balaban J connectivity index is 1.75. The number of aliphatic hydroxyl groups excluding tert-OH is 2. The maximum absolute atomic E-state index is 13.7. The SMILES string of the molecule is CC(=O)OCC12[C@H](OC(=O)c3ccccc3)C(O)C3C(O)C1(OC3(C)C)[C@@](C)(O)C[C@H](OC(C)=O)[C@@H]2OC(=O)/C=C/c1ccccc1. The predicted octanol–water partition coefficient (Wildman–Crippen LogP) is 2.37. The minimum atomic E-state index is -2.25. The van der Waals surface area contributed by atoms with Gasteiger partial charge in [0.2, 0.25) is 0 Å². The van der Waals surface area contributed by atoms with Gasteiger partial charge in [0, 0.05) is 32.3 Å². The molecule has 47 heavy (non-hydrogen) atoms. The molecular weight excluding hydrogens is 612 g/mol. The molecule has 1 aliphatic heterocycles. The minimum absolute atomic E-state index is 0.105. The van der Waals surface area contributed by atoms with Gasteiger partial charge < -0.3 is 39.0 Å². The number of hydrogen-bond acceptors (Lipinski definition) is 12. The van der Waals surface area contributed by atoms with Crippen molar-refractivity contribution < 1.29 is 58.2 Å². The quantitative estimate of drug-likeness (QED) is 0.216. The average Bonchev–Trinajstić information content (AvgIpc) is 3.19. The zero-order valence-electron chi connectivity index (χ0n) is 26.8. The highest BCUT2D eigenvalue weighted by Gasteiger charge is 2.87. The molecule has 0 aromatic heterocycles. The lowest BCUT2D eigenvalue weighted by molar-refractivity contribution is -0.362. The van der Waals surface area contributed by atoms with Crippen LogP contribution in [0.1, 0.15) is 57.0 Å². The molecule has 3 fully saturated rings. The summed E-state index contributed by atoms with van der Waals surface area (Å²) in [4.78, 5) is 52.2. The highest BCUT2D eigenvalue weighted by molar-refractivity contribution is 5.89. The molecule has 2 aromatic carbocycles. The number of aliphatic hydroxyl groups is 3. The van der Waals surface area contributed by atoms with Crippen LogP contribution in [0.15, 0.2) is 66.7 Å². The molecule has 2 bridgehead atoms. The Morgan fingerprint density at radius 3 is 2.09 bits per heavy atom. The normalized spacial score (nSPS) is 35.4. The van der Waals surface area contributed by atoms with Crippen molar-refractivity contribution in [2.75, 3.05) is 6.61 Å². The van der Waals surface area contributed by atoms with Crippen molar-refractivity contribution in [3.05, 3.63) is 77.9 Å². The van der Waals surface area contributed by atoms with E-state index in [9.17, 15) is 34.5 Å². The van der Waals surface area contributed by atoms with Gasteiger partial charge in [-0.05, 0) is 44.5 Å². The van der Waals surface area contributed by atoms with Crippen LogP contribution in [-0.2, 0) is 38.1 Å². The van der Waals surface area contributed by atoms with Crippen LogP contribution in [0.4, 0.5) is 0 Å². The van der Waals surface area contributed by atoms with Gasteiger partial charge in [0.1, 0.15) is 35.9 Å². The summed E-state index contributed by atoms with van der Waals surface area (Å²) in [5, 5.41) is 36.5. The number of esters is 4. The summed E-state index contributed by atoms with van der Waals surface area (Å²) in [6.07, 6.45) is -6.09. The number of fused-ring (bicyclic) bond motifs is 1. The number of rotatable bonds is 8. The molecule has 2 aromatic rings. The monoisotopic (exact) mass is 652 g/mol. The number of ether oxygens (including phenoxy) is 5. The third kappa shape index (κ3) is 5.73. The Bertz CT molecular complexity index is 1540. The van der Waals surface area contributed by atoms with Gasteiger partial charge in [-0.25, -0.2) is 9.59 Å². The number of carbonyl (C=O) groups excluding carboxylic acids is 4. The van der Waals surface area contributed by atoms with Crippen molar-refractivity contribution in [3.63, 3.8) is 0 Å². The predicted molar refractivity (Wildman–Crippen MR) is 164 cm³/mol. The van der Waals surface area contributed by atoms with Gasteiger partial charge >= 0.3 is 23.9 Å². The average molecular weight is 653 g/mol. The van der Waals surface area contributed by atoms with Crippen molar-refractivity contribution in [2.24, 2.45) is 11.3 Å². The summed E-state index contributed by atoms with van der Waals surface area (Å²) in [5.41, 5.74) is -7.17. The Kier molecular flexibility index (Phi) is 9.10. The van der Waals surface area contributed by atoms with Crippen molar-refractivity contribution >= 4 is 30.0 Å². The third-order valence-electron chi connectivity index (χ3n) is 9.63. The van der Waals surface area contributed by atoms with Crippen molar-refractivity contribution in [1.82, 2.24) is 0 Å². The molecule has 252 valence electrons. The Morgan fingerprint density at radius 2 is 1.49 bits per heavy atom. The van der Waals surface area contributed by atoms with Crippen LogP contribution < -0.4 is 0 Å². The topological polar surface area (TPSA) is 175 Å². The fraction of sp³-hybridized carbons (Fsp3) is 0.486. The smallest absolute Gasteiger partial charge is 0.338 e. The van der Waals surface area contributed by atoms with Gasteiger partial charge in [-0.15, -0.1) is 0 Å². The first kappa shape index (κ1) is 34.2. The van der Waals surface area contributed by atoms with Gasteiger partial charge in [0.15, 0.2) is 6.10 Å². The first-order chi connectivity index (χ1) is 22.1. The van der Waals surface area contributed by atoms with Crippen LogP contribution in [0.25, 0.3) is 6.08 Å². The molecule has 3 aliphatic rings. The fourth-order valence-corrected chi connectivity index (χ4v) is 7.95. The second-order valence-electron chi connectivity index (χ2n) is 13.1. The lowest BCUT2D eigenvalue weighted by Crippen LogP contribution is -2.85. The van der Waals surface area contributed by atoms with Gasteiger partial charge in [0.25, 0.3) is 0 Å². The number of benzene rings is 2. The maximum atomic E-state index is 13.7. The van der Waals surface area contributed by atoms with Crippen molar-refractivity contribution in [2.45, 2.75) is 88.4 Å². The lowest BCUT2D eigenvalue weighted by atomic mass is 9.46. The highest BCUT2D eigenvalue weighted by Crippen LogP contribution is 2.68. The standard InChI is InChI=1S/C35H40O12/c1-20(36)43-19-34-29(45-25(38)17-16-22-12-8-6-9-13-22)24(44-21(2)37)18-33(5,42)35(34)28(40)26(32(3,4)47-35)27(39)30(34)46-31(41)23-14-10-7-11-15-23/h6-17,24,26-30,39-40,42H,18-19H2,1-5H3/b17-16+/t24-,26?,27?,28?,29-,30+,33-,34?,35?/m0/s1. The summed E-state index contributed by atoms with van der Waals surface area (Å²) in [7, 11) is 0. The van der Waals surface area contributed by atoms with E-state index < -0.39 is 95.6 Å². The van der Waals surface area contributed by atoms with Gasteiger partial charge in [0.05, 0.1) is 22.9 Å². The lowest BCUT2D eigenvalue weighted by Gasteiger charge is -2.66. The summed E-state index contributed by atoms with van der Waals surface area (Å²) < 4.78 is 30.0. The summed E-state index contributed by atoms with van der Waals surface area (Å²) in [6.45, 7) is 5.97. The molecule has 3 N–H and O–H groups in total. The molecule has 0 amide bonds. The summed E-state index contributed by atoms with van der Waals surface area (Å²) in [5.74, 6) is -4.59. The van der Waals surface area contributed by atoms with E-state index in [0.717, 1.165) is 19.9 Å². The van der Waals surface area contributed by atoms with E-state index in [4.69, 9.17) is 23.7 Å². The molecule has 5 rings (SSSR count). The van der Waals surface area contributed by atoms with Gasteiger partial charge in [-0.2, -0.15) is 0 Å². The van der Waals surface area contributed by atoms with E-state index in [2.05, 4.69) is 0 Å². The molecule has 2 aliphatic carbocycles. The first-order valence-corrected chi connectivity index (χ1v) is 15.4. The molecule has 2 saturated carbocycles. The van der Waals surface area contributed by atoms with Crippen LogP contribution >= 0.6 is 0 Å². The number of carbonyl (C=O) groups is 4. The molecule has 12 heteroatoms. The Morgan fingerprint density at radius 1 is 0.872 bits per heavy atom. The Hall–Kier alpha value is -4.10. The van der Waals surface area contributed by atoms with Crippen LogP contribution in [0.5, 0.6) is 0 Å². The van der Waals surface area contributed by atoms with E-state index >= 15 is 0 Å². The first-order valence-electron chi connectivity index (χ1n) is 15.4. The zero-order chi connectivity index (χ0) is 34.4. The summed E-state index contributed by atoms with van der Waals surface area (Å²) in [6, 6.07) is 16.7. The molecule has 0 radical (unpaired) electrons. The zero-order valence-corrected chi connectivity index (χ0v) is 26.8. The maximum Gasteiger partial charge on any atom is 0.338 e. The molecule has 1 saturated heterocycles. The van der Waals surface area contributed by atoms with Crippen molar-refractivity contribution in [3.8, 4) is 0 Å². The second-order valence-corrected chi connectivity index (χ2v) is 13.1. The molecule has 5 unspecified atom stereocenters. The summed E-state index contributed by atoms with van der Waals surface area (Å²) >= 11 is 0. The van der Waals surface area contributed by atoms with Crippen LogP contribution in [0.3, 0.4) is 0 Å². The highest BCUT2D eigenvalue weighted by atomic mass is 16.6. The van der Waals surface area contributed by atoms with E-state index in [0.29, 0.717) is 5.56 Å². The fourth-order valence-electron chi connectivity index (χ4n) is 7.95. The van der Waals surface area contributed by atoms with E-state index in [1.54, 1.807) is 62.4 Å². The van der Waals surface area contributed by atoms with Crippen LogP contribution in [-0.4, -0.2) is 93.1 Å². The van der Waals surface area contributed by atoms with E-state index in [1.165, 1.54) is 25.1 Å². The third-order valence-corrected chi connectivity index (χ3v) is 9.63. The van der Waals surface area contributed by atoms with Crippen LogP contribution in [0, 0.1) is 11.3 Å². The molecule has 12 nitrogen and oxygen atoms in total. The second kappa shape index (κ2) is 12.5. The van der Waals surface area contributed by atoms with Gasteiger partial charge in [-0.3, -0.25) is 9.59 Å². The van der Waals surface area contributed by atoms with E-state index in [1.807, 2.05) is 0 Å². The van der Waals surface area contributed by atoms with Gasteiger partial charge in [-0.1, -0.05) is 48.5 Å². The van der Waals surface area contributed by atoms with E-state index in [-0.39, 0.29) is 5.56 Å². The molecule has 1 spiro atoms. The molecular formula is C35H40O12.